The number of rotatable bonds is 7. The molecule has 0 heterocycles. The average molecular weight is 438 g/mol. The maximum Gasteiger partial charge on any atom is 0.471 e. The van der Waals surface area contributed by atoms with Gasteiger partial charge in [0.15, 0.2) is 6.61 Å². The van der Waals surface area contributed by atoms with Crippen molar-refractivity contribution in [1.29, 1.82) is 0 Å². The van der Waals surface area contributed by atoms with Crippen LogP contribution in [0.4, 0.5) is 24.5 Å². The molecule has 0 spiro atoms. The Kier molecular flexibility index (Phi) is 7.72. The van der Waals surface area contributed by atoms with E-state index in [1.165, 1.54) is 36.4 Å². The van der Waals surface area contributed by atoms with E-state index in [0.717, 1.165) is 12.1 Å². The van der Waals surface area contributed by atoms with Crippen LogP contribution >= 0.6 is 0 Å². The van der Waals surface area contributed by atoms with Crippen molar-refractivity contribution in [3.63, 3.8) is 0 Å². The zero-order chi connectivity index (χ0) is 23.0. The van der Waals surface area contributed by atoms with Gasteiger partial charge in [0, 0.05) is 11.4 Å². The number of benzene rings is 2. The summed E-state index contributed by atoms with van der Waals surface area (Å²) in [7, 11) is 0. The van der Waals surface area contributed by atoms with Crippen LogP contribution in [0.5, 0.6) is 0 Å². The summed E-state index contributed by atoms with van der Waals surface area (Å²) in [6.07, 6.45) is -5.08. The Morgan fingerprint density at radius 1 is 0.839 bits per heavy atom. The highest BCUT2D eigenvalue weighted by Gasteiger charge is 2.38. The van der Waals surface area contributed by atoms with Crippen LogP contribution in [0.2, 0.25) is 0 Å². The third kappa shape index (κ3) is 7.14. The van der Waals surface area contributed by atoms with E-state index in [2.05, 4.69) is 5.32 Å². The van der Waals surface area contributed by atoms with Crippen LogP contribution < -0.4 is 10.6 Å². The fourth-order valence-corrected chi connectivity index (χ4v) is 2.24. The van der Waals surface area contributed by atoms with Crippen molar-refractivity contribution in [2.75, 3.05) is 23.8 Å². The molecule has 2 aromatic rings. The molecule has 0 saturated carbocycles. The van der Waals surface area contributed by atoms with E-state index in [9.17, 15) is 32.3 Å². The van der Waals surface area contributed by atoms with Gasteiger partial charge in [-0.3, -0.25) is 9.59 Å². The number of anilines is 2. The summed E-state index contributed by atoms with van der Waals surface area (Å²) in [5.74, 6) is -4.36. The average Bonchev–Trinajstić information content (AvgIpc) is 2.72. The summed E-state index contributed by atoms with van der Waals surface area (Å²) in [5, 5.41) is 4.06. The van der Waals surface area contributed by atoms with Gasteiger partial charge in [0.1, 0.15) is 0 Å². The van der Waals surface area contributed by atoms with Crippen LogP contribution in [-0.4, -0.2) is 43.1 Å². The lowest BCUT2D eigenvalue weighted by Crippen LogP contribution is -2.30. The Labute approximate surface area is 174 Å². The van der Waals surface area contributed by atoms with E-state index in [-0.39, 0.29) is 17.9 Å². The number of alkyl halides is 3. The van der Waals surface area contributed by atoms with Gasteiger partial charge in [-0.15, -0.1) is 0 Å². The molecule has 0 aliphatic heterocycles. The van der Waals surface area contributed by atoms with Crippen molar-refractivity contribution >= 4 is 35.1 Å². The molecule has 0 atom stereocenters. The largest absolute Gasteiger partial charge is 0.471 e. The summed E-state index contributed by atoms with van der Waals surface area (Å²) in [4.78, 5) is 46.5. The number of hydrogen-bond donors (Lipinski definition) is 2. The molecule has 8 nitrogen and oxygen atoms in total. The van der Waals surface area contributed by atoms with Gasteiger partial charge >= 0.3 is 24.0 Å². The van der Waals surface area contributed by atoms with E-state index >= 15 is 0 Å². The summed E-state index contributed by atoms with van der Waals surface area (Å²) in [6, 6.07) is 10.4. The fourth-order valence-electron chi connectivity index (χ4n) is 2.24. The molecule has 2 N–H and O–H groups in total. The van der Waals surface area contributed by atoms with E-state index in [1.807, 2.05) is 0 Å². The van der Waals surface area contributed by atoms with Crippen LogP contribution in [-0.2, 0) is 19.1 Å². The van der Waals surface area contributed by atoms with Crippen molar-refractivity contribution in [2.24, 2.45) is 0 Å². The normalized spacial score (nSPS) is 10.7. The van der Waals surface area contributed by atoms with Gasteiger partial charge in [0.05, 0.1) is 17.7 Å². The third-order valence-electron chi connectivity index (χ3n) is 3.63. The molecule has 0 aromatic heterocycles. The predicted molar refractivity (Wildman–Crippen MR) is 102 cm³/mol. The first-order chi connectivity index (χ1) is 14.6. The summed E-state index contributed by atoms with van der Waals surface area (Å²) >= 11 is 0. The number of nitrogens with one attached hydrogen (secondary N) is 2. The highest BCUT2D eigenvalue weighted by Crippen LogP contribution is 2.19. The quantitative estimate of drug-likeness (QED) is 0.643. The molecule has 0 radical (unpaired) electrons. The number of amides is 2. The summed E-state index contributed by atoms with van der Waals surface area (Å²) < 4.78 is 46.6. The topological polar surface area (TPSA) is 111 Å². The molecule has 2 amide bonds. The zero-order valence-corrected chi connectivity index (χ0v) is 16.1. The molecule has 2 rings (SSSR count). The Balaban J connectivity index is 1.89. The maximum atomic E-state index is 12.3. The second-order valence-electron chi connectivity index (χ2n) is 5.95. The Morgan fingerprint density at radius 3 is 2.10 bits per heavy atom. The number of halogens is 3. The molecule has 0 unspecified atom stereocenters. The molecule has 31 heavy (non-hydrogen) atoms. The monoisotopic (exact) mass is 438 g/mol. The van der Waals surface area contributed by atoms with Crippen molar-refractivity contribution in [2.45, 2.75) is 13.1 Å². The van der Waals surface area contributed by atoms with Crippen LogP contribution in [0, 0.1) is 0 Å². The number of esters is 2. The first kappa shape index (κ1) is 23.4. The molecule has 0 aliphatic rings. The van der Waals surface area contributed by atoms with Gasteiger partial charge in [-0.05, 0) is 49.4 Å². The molecule has 2 aromatic carbocycles. The van der Waals surface area contributed by atoms with Gasteiger partial charge in [-0.1, -0.05) is 6.07 Å². The van der Waals surface area contributed by atoms with Crippen LogP contribution in [0.3, 0.4) is 0 Å². The molecule has 164 valence electrons. The van der Waals surface area contributed by atoms with E-state index < -0.39 is 36.5 Å². The van der Waals surface area contributed by atoms with Gasteiger partial charge < -0.3 is 20.1 Å². The minimum absolute atomic E-state index is 0.161. The molecular formula is C20H17F3N2O6. The van der Waals surface area contributed by atoms with Crippen molar-refractivity contribution in [1.82, 2.24) is 0 Å². The predicted octanol–water partition coefficient (Wildman–Crippen LogP) is 3.16. The van der Waals surface area contributed by atoms with Crippen LogP contribution in [0.1, 0.15) is 27.6 Å². The number of hydrogen-bond acceptors (Lipinski definition) is 6. The molecule has 0 saturated heterocycles. The Bertz CT molecular complexity index is 974. The smallest absolute Gasteiger partial charge is 0.462 e. The molecule has 0 aliphatic carbocycles. The van der Waals surface area contributed by atoms with Crippen molar-refractivity contribution in [3.05, 3.63) is 59.7 Å². The van der Waals surface area contributed by atoms with Crippen LogP contribution in [0.25, 0.3) is 0 Å². The molecule has 0 bridgehead atoms. The second kappa shape index (κ2) is 10.2. The highest BCUT2D eigenvalue weighted by atomic mass is 19.4. The summed E-state index contributed by atoms with van der Waals surface area (Å²) in [6.45, 7) is 1.22. The first-order valence-corrected chi connectivity index (χ1v) is 8.82. The SMILES string of the molecule is CCOC(=O)c1ccc(NC(=O)COC(=O)c2cccc(NC(=O)C(F)(F)F)c2)cc1. The van der Waals surface area contributed by atoms with E-state index in [0.29, 0.717) is 11.3 Å². The number of carbonyl (C=O) groups excluding carboxylic acids is 4. The van der Waals surface area contributed by atoms with E-state index in [4.69, 9.17) is 9.47 Å². The van der Waals surface area contributed by atoms with Gasteiger partial charge in [-0.2, -0.15) is 13.2 Å². The highest BCUT2D eigenvalue weighted by molar-refractivity contribution is 5.98. The van der Waals surface area contributed by atoms with Gasteiger partial charge in [0.2, 0.25) is 0 Å². The van der Waals surface area contributed by atoms with Crippen molar-refractivity contribution < 1.29 is 41.8 Å². The fraction of sp³-hybridized carbons (Fsp3) is 0.200. The lowest BCUT2D eigenvalue weighted by atomic mass is 10.2. The maximum absolute atomic E-state index is 12.3. The second-order valence-corrected chi connectivity index (χ2v) is 5.95. The van der Waals surface area contributed by atoms with Gasteiger partial charge in [-0.25, -0.2) is 9.59 Å². The van der Waals surface area contributed by atoms with E-state index in [1.54, 1.807) is 12.2 Å². The molecular weight excluding hydrogens is 421 g/mol. The number of ether oxygens (including phenoxy) is 2. The zero-order valence-electron chi connectivity index (χ0n) is 16.1. The lowest BCUT2D eigenvalue weighted by molar-refractivity contribution is -0.167. The Hall–Kier alpha value is -3.89. The molecule has 0 fully saturated rings. The third-order valence-corrected chi connectivity index (χ3v) is 3.63. The summed E-state index contributed by atoms with van der Waals surface area (Å²) in [5.41, 5.74) is 0.212. The number of carbonyl (C=O) groups is 4. The van der Waals surface area contributed by atoms with Gasteiger partial charge in [0.25, 0.3) is 5.91 Å². The molecule has 11 heteroatoms. The lowest BCUT2D eigenvalue weighted by Gasteiger charge is -2.10. The standard InChI is InChI=1S/C20H17F3N2O6/c1-2-30-17(27)12-6-8-14(9-7-12)24-16(26)11-31-18(28)13-4-3-5-15(10-13)25-19(29)20(21,22)23/h3-10H,2,11H2,1H3,(H,24,26)(H,25,29). The Morgan fingerprint density at radius 2 is 1.48 bits per heavy atom. The minimum Gasteiger partial charge on any atom is -0.462 e. The minimum atomic E-state index is -5.08. The van der Waals surface area contributed by atoms with Crippen LogP contribution in [0.15, 0.2) is 48.5 Å². The van der Waals surface area contributed by atoms with Crippen molar-refractivity contribution in [3.8, 4) is 0 Å². The first-order valence-electron chi connectivity index (χ1n) is 8.82.